The van der Waals surface area contributed by atoms with Crippen LogP contribution in [-0.2, 0) is 14.4 Å². The Morgan fingerprint density at radius 3 is 2.16 bits per heavy atom. The van der Waals surface area contributed by atoms with E-state index in [2.05, 4.69) is 0 Å². The molecular weight excluding hydrogens is 476 g/mol. The van der Waals surface area contributed by atoms with E-state index in [9.17, 15) is 9.59 Å². The first-order chi connectivity index (χ1) is 18.0. The molecule has 0 spiro atoms. The van der Waals surface area contributed by atoms with Gasteiger partial charge in [0.2, 0.25) is 11.7 Å². The van der Waals surface area contributed by atoms with Crippen LogP contribution in [0.1, 0.15) is 18.5 Å². The van der Waals surface area contributed by atoms with Gasteiger partial charge in [0, 0.05) is 5.56 Å². The predicted molar refractivity (Wildman–Crippen MR) is 136 cm³/mol. The van der Waals surface area contributed by atoms with Crippen LogP contribution in [-0.4, -0.2) is 45.9 Å². The molecule has 5 rings (SSSR count). The van der Waals surface area contributed by atoms with Gasteiger partial charge in [-0.25, -0.2) is 9.96 Å². The molecule has 3 atom stereocenters. The molecule has 2 aliphatic heterocycles. The smallest absolute Gasteiger partial charge is 0.266 e. The van der Waals surface area contributed by atoms with Crippen molar-refractivity contribution in [3.05, 3.63) is 72.3 Å². The summed E-state index contributed by atoms with van der Waals surface area (Å²) in [5, 5.41) is 1.61. The number of rotatable bonds is 8. The van der Waals surface area contributed by atoms with E-state index in [0.29, 0.717) is 46.5 Å². The zero-order chi connectivity index (χ0) is 26.1. The van der Waals surface area contributed by atoms with Crippen molar-refractivity contribution < 1.29 is 33.4 Å². The molecule has 192 valence electrons. The minimum Gasteiger partial charge on any atom is -0.493 e. The average molecular weight is 505 g/mol. The van der Waals surface area contributed by atoms with Crippen LogP contribution in [0, 0.1) is 5.92 Å². The Labute approximate surface area is 215 Å². The number of carbonyl (C=O) groups is 2. The predicted octanol–water partition coefficient (Wildman–Crippen LogP) is 4.16. The zero-order valence-electron chi connectivity index (χ0n) is 21.0. The summed E-state index contributed by atoms with van der Waals surface area (Å²) in [6.07, 6.45) is -1.04. The summed E-state index contributed by atoms with van der Waals surface area (Å²) in [5.41, 5.74) is 1.71. The van der Waals surface area contributed by atoms with E-state index in [1.807, 2.05) is 37.3 Å². The first kappa shape index (κ1) is 24.5. The van der Waals surface area contributed by atoms with E-state index in [-0.39, 0.29) is 5.91 Å². The van der Waals surface area contributed by atoms with Crippen LogP contribution < -0.4 is 28.9 Å². The number of hydrogen-bond acceptors (Lipinski definition) is 8. The van der Waals surface area contributed by atoms with Gasteiger partial charge in [-0.05, 0) is 43.3 Å². The van der Waals surface area contributed by atoms with Crippen LogP contribution in [0.5, 0.6) is 23.0 Å². The third-order valence-electron chi connectivity index (χ3n) is 6.59. The van der Waals surface area contributed by atoms with E-state index in [1.54, 1.807) is 41.5 Å². The molecule has 0 aliphatic carbocycles. The molecule has 2 aliphatic rings. The first-order valence-corrected chi connectivity index (χ1v) is 11.9. The molecule has 0 bridgehead atoms. The van der Waals surface area contributed by atoms with Crippen molar-refractivity contribution in [3.63, 3.8) is 0 Å². The van der Waals surface area contributed by atoms with Gasteiger partial charge in [0.15, 0.2) is 17.6 Å². The number of hydroxylamine groups is 1. The zero-order valence-corrected chi connectivity index (χ0v) is 21.0. The van der Waals surface area contributed by atoms with Crippen LogP contribution in [0.3, 0.4) is 0 Å². The van der Waals surface area contributed by atoms with Crippen LogP contribution in [0.4, 0.5) is 11.4 Å². The molecule has 0 saturated carbocycles. The van der Waals surface area contributed by atoms with E-state index >= 15 is 0 Å². The number of amides is 2. The van der Waals surface area contributed by atoms with Crippen LogP contribution in [0.25, 0.3) is 0 Å². The molecule has 37 heavy (non-hydrogen) atoms. The fourth-order valence-corrected chi connectivity index (χ4v) is 5.04. The number of benzene rings is 3. The Bertz CT molecular complexity index is 1310. The Morgan fingerprint density at radius 1 is 0.784 bits per heavy atom. The lowest BCUT2D eigenvalue weighted by atomic mass is 9.89. The quantitative estimate of drug-likeness (QED) is 0.423. The molecule has 0 unspecified atom stereocenters. The van der Waals surface area contributed by atoms with E-state index in [4.69, 9.17) is 23.8 Å². The monoisotopic (exact) mass is 504 g/mol. The molecule has 9 nitrogen and oxygen atoms in total. The maximum Gasteiger partial charge on any atom is 0.266 e. The molecule has 3 aromatic carbocycles. The lowest BCUT2D eigenvalue weighted by molar-refractivity contribution is -0.126. The second-order valence-electron chi connectivity index (χ2n) is 8.49. The van der Waals surface area contributed by atoms with Crippen molar-refractivity contribution in [2.45, 2.75) is 19.1 Å². The lowest BCUT2D eigenvalue weighted by Crippen LogP contribution is -2.37. The molecular formula is C28H28N2O7. The third-order valence-corrected chi connectivity index (χ3v) is 6.59. The number of para-hydroxylation sites is 3. The van der Waals surface area contributed by atoms with Gasteiger partial charge in [0.1, 0.15) is 17.7 Å². The second-order valence-corrected chi connectivity index (χ2v) is 8.49. The molecule has 3 aromatic rings. The highest BCUT2D eigenvalue weighted by atomic mass is 16.7. The first-order valence-electron chi connectivity index (χ1n) is 11.9. The summed E-state index contributed by atoms with van der Waals surface area (Å²) >= 11 is 0. The number of anilines is 2. The van der Waals surface area contributed by atoms with Crippen LogP contribution in [0.2, 0.25) is 0 Å². The molecule has 0 aromatic heterocycles. The van der Waals surface area contributed by atoms with E-state index in [0.717, 1.165) is 0 Å². The van der Waals surface area contributed by atoms with Crippen molar-refractivity contribution in [3.8, 4) is 23.0 Å². The summed E-state index contributed by atoms with van der Waals surface area (Å²) in [4.78, 5) is 35.2. The summed E-state index contributed by atoms with van der Waals surface area (Å²) in [5.74, 6) is 0.0133. The molecule has 0 N–H and O–H groups in total. The van der Waals surface area contributed by atoms with E-state index < -0.39 is 24.0 Å². The highest BCUT2D eigenvalue weighted by Crippen LogP contribution is 2.53. The number of hydrogen-bond donors (Lipinski definition) is 0. The number of ether oxygens (including phenoxy) is 4. The number of methoxy groups -OCH3 is 3. The van der Waals surface area contributed by atoms with Crippen molar-refractivity contribution in [1.82, 2.24) is 0 Å². The molecule has 2 saturated heterocycles. The second kappa shape index (κ2) is 10.0. The standard InChI is InChI=1S/C28H28N2O7/c1-5-36-20-14-10-9-13-19(20)29-27(31)22-23(18-15-16-21(33-2)25(35-4)24(18)34-3)30(37-26(22)28(29)32)17-11-7-6-8-12-17/h6-16,22-23,26H,5H2,1-4H3/t22-,23+,26+/m0/s1. The van der Waals surface area contributed by atoms with Gasteiger partial charge in [-0.2, -0.15) is 0 Å². The largest absolute Gasteiger partial charge is 0.493 e. The normalized spacial score (nSPS) is 20.7. The lowest BCUT2D eigenvalue weighted by Gasteiger charge is -2.30. The summed E-state index contributed by atoms with van der Waals surface area (Å²) in [7, 11) is 4.58. The Morgan fingerprint density at radius 2 is 1.49 bits per heavy atom. The van der Waals surface area contributed by atoms with Gasteiger partial charge < -0.3 is 18.9 Å². The van der Waals surface area contributed by atoms with Gasteiger partial charge >= 0.3 is 0 Å². The minimum absolute atomic E-state index is 0.384. The fourth-order valence-electron chi connectivity index (χ4n) is 5.04. The summed E-state index contributed by atoms with van der Waals surface area (Å²) in [6.45, 7) is 2.24. The number of nitrogens with zero attached hydrogens (tertiary/aromatic N) is 2. The topological polar surface area (TPSA) is 86.8 Å². The molecule has 2 heterocycles. The summed E-state index contributed by atoms with van der Waals surface area (Å²) in [6, 6.07) is 19.2. The third kappa shape index (κ3) is 3.92. The molecule has 9 heteroatoms. The molecule has 0 radical (unpaired) electrons. The van der Waals surface area contributed by atoms with Crippen LogP contribution >= 0.6 is 0 Å². The minimum atomic E-state index is -1.04. The molecule has 2 amide bonds. The van der Waals surface area contributed by atoms with Crippen LogP contribution in [0.15, 0.2) is 66.7 Å². The van der Waals surface area contributed by atoms with Crippen molar-refractivity contribution in [2.75, 3.05) is 37.9 Å². The van der Waals surface area contributed by atoms with Gasteiger partial charge in [-0.1, -0.05) is 30.3 Å². The fraction of sp³-hybridized carbons (Fsp3) is 0.286. The Hall–Kier alpha value is -4.24. The van der Waals surface area contributed by atoms with Gasteiger partial charge in [0.05, 0.1) is 39.3 Å². The van der Waals surface area contributed by atoms with Crippen molar-refractivity contribution in [2.24, 2.45) is 5.92 Å². The average Bonchev–Trinajstić information content (AvgIpc) is 3.44. The number of fused-ring (bicyclic) bond motifs is 1. The number of carbonyl (C=O) groups excluding carboxylic acids is 2. The SMILES string of the molecule is CCOc1ccccc1N1C(=O)[C@H]2[C@@H](c3ccc(OC)c(OC)c3OC)N(c3ccccc3)O[C@H]2C1=O. The van der Waals surface area contributed by atoms with Crippen molar-refractivity contribution >= 4 is 23.2 Å². The Balaban J connectivity index is 1.66. The number of imide groups is 1. The Kier molecular flexibility index (Phi) is 6.62. The summed E-state index contributed by atoms with van der Waals surface area (Å²) < 4.78 is 22.5. The maximum atomic E-state index is 14.0. The molecule has 2 fully saturated rings. The van der Waals surface area contributed by atoms with Crippen molar-refractivity contribution in [1.29, 1.82) is 0 Å². The highest BCUT2D eigenvalue weighted by molar-refractivity contribution is 6.24. The van der Waals surface area contributed by atoms with E-state index in [1.165, 1.54) is 26.2 Å². The van der Waals surface area contributed by atoms with Gasteiger partial charge in [-0.15, -0.1) is 0 Å². The highest BCUT2D eigenvalue weighted by Gasteiger charge is 2.61. The van der Waals surface area contributed by atoms with Gasteiger partial charge in [-0.3, -0.25) is 14.4 Å². The van der Waals surface area contributed by atoms with Gasteiger partial charge in [0.25, 0.3) is 5.91 Å². The maximum absolute atomic E-state index is 14.0.